The van der Waals surface area contributed by atoms with Gasteiger partial charge in [-0.15, -0.1) is 11.3 Å². The number of amides is 1. The Labute approximate surface area is 151 Å². The molecule has 7 heteroatoms. The van der Waals surface area contributed by atoms with E-state index < -0.39 is 9.84 Å². The molecule has 25 heavy (non-hydrogen) atoms. The summed E-state index contributed by atoms with van der Waals surface area (Å²) in [6, 6.07) is 8.51. The number of aryl methyl sites for hydroxylation is 1. The van der Waals surface area contributed by atoms with Gasteiger partial charge in [-0.1, -0.05) is 12.1 Å². The van der Waals surface area contributed by atoms with Gasteiger partial charge in [0.1, 0.15) is 11.1 Å². The predicted molar refractivity (Wildman–Crippen MR) is 97.6 cm³/mol. The third kappa shape index (κ3) is 3.91. The number of anilines is 1. The van der Waals surface area contributed by atoms with Crippen LogP contribution in [0.25, 0.3) is 0 Å². The minimum absolute atomic E-state index is 0.136. The number of carbonyl (C=O) groups excluding carboxylic acids is 1. The van der Waals surface area contributed by atoms with Crippen molar-refractivity contribution in [3.8, 4) is 6.07 Å². The molecule has 1 aliphatic rings. The number of nitrogens with zero attached hydrogens (tertiary/aromatic N) is 1. The molecule has 0 bridgehead atoms. The molecule has 3 rings (SSSR count). The molecule has 0 aliphatic heterocycles. The molecule has 0 atom stereocenters. The zero-order chi connectivity index (χ0) is 18.0. The maximum absolute atomic E-state index is 12.3. The number of hydrogen-bond acceptors (Lipinski definition) is 5. The molecule has 1 aliphatic carbocycles. The number of hydrogen-bond donors (Lipinski definition) is 1. The van der Waals surface area contributed by atoms with E-state index in [9.17, 15) is 18.5 Å². The van der Waals surface area contributed by atoms with E-state index in [1.165, 1.54) is 28.3 Å². The highest BCUT2D eigenvalue weighted by Crippen LogP contribution is 2.37. The molecule has 0 saturated carbocycles. The maximum atomic E-state index is 12.3. The molecule has 130 valence electrons. The second-order valence-electron chi connectivity index (χ2n) is 6.17. The Morgan fingerprint density at radius 3 is 2.56 bits per heavy atom. The second-order valence-corrected chi connectivity index (χ2v) is 9.29. The van der Waals surface area contributed by atoms with Crippen LogP contribution in [0, 0.1) is 11.3 Å². The van der Waals surface area contributed by atoms with Crippen molar-refractivity contribution in [2.24, 2.45) is 0 Å². The first-order valence-corrected chi connectivity index (χ1v) is 10.7. The molecule has 5 nitrogen and oxygen atoms in total. The van der Waals surface area contributed by atoms with E-state index in [2.05, 4.69) is 11.4 Å². The van der Waals surface area contributed by atoms with Crippen molar-refractivity contribution < 1.29 is 13.2 Å². The summed E-state index contributed by atoms with van der Waals surface area (Å²) < 4.78 is 22.9. The van der Waals surface area contributed by atoms with Crippen LogP contribution in [0.1, 0.15) is 34.4 Å². The highest BCUT2D eigenvalue weighted by molar-refractivity contribution is 7.90. The van der Waals surface area contributed by atoms with E-state index in [1.807, 2.05) is 0 Å². The van der Waals surface area contributed by atoms with Gasteiger partial charge in [0, 0.05) is 11.1 Å². The van der Waals surface area contributed by atoms with E-state index in [1.54, 1.807) is 12.1 Å². The van der Waals surface area contributed by atoms with Crippen LogP contribution in [0.5, 0.6) is 0 Å². The Kier molecular flexibility index (Phi) is 4.93. The van der Waals surface area contributed by atoms with Gasteiger partial charge >= 0.3 is 0 Å². The summed E-state index contributed by atoms with van der Waals surface area (Å²) in [6.45, 7) is 0. The first kappa shape index (κ1) is 17.6. The zero-order valence-electron chi connectivity index (χ0n) is 13.8. The van der Waals surface area contributed by atoms with Gasteiger partial charge in [0.15, 0.2) is 9.84 Å². The van der Waals surface area contributed by atoms with E-state index >= 15 is 0 Å². The van der Waals surface area contributed by atoms with E-state index in [-0.39, 0.29) is 17.2 Å². The van der Waals surface area contributed by atoms with Gasteiger partial charge in [0.05, 0.1) is 16.9 Å². The van der Waals surface area contributed by atoms with Gasteiger partial charge in [0.25, 0.3) is 0 Å². The fourth-order valence-corrected chi connectivity index (χ4v) is 4.87. The molecule has 0 radical (unpaired) electrons. The largest absolute Gasteiger partial charge is 0.316 e. The zero-order valence-corrected chi connectivity index (χ0v) is 15.5. The molecule has 0 fully saturated rings. The number of thiophene rings is 1. The monoisotopic (exact) mass is 374 g/mol. The number of fused-ring (bicyclic) bond motifs is 1. The topological polar surface area (TPSA) is 87.0 Å². The molecule has 1 aromatic carbocycles. The Bertz CT molecular complexity index is 951. The van der Waals surface area contributed by atoms with Gasteiger partial charge in [-0.25, -0.2) is 8.42 Å². The molecule has 0 saturated heterocycles. The van der Waals surface area contributed by atoms with E-state index in [0.29, 0.717) is 10.6 Å². The lowest BCUT2D eigenvalue weighted by Crippen LogP contribution is -2.14. The first-order chi connectivity index (χ1) is 11.9. The molecule has 2 aromatic rings. The van der Waals surface area contributed by atoms with Crippen LogP contribution in [-0.2, 0) is 33.9 Å². The van der Waals surface area contributed by atoms with E-state index in [4.69, 9.17) is 0 Å². The van der Waals surface area contributed by atoms with Crippen LogP contribution in [0.2, 0.25) is 0 Å². The summed E-state index contributed by atoms with van der Waals surface area (Å²) in [7, 11) is -3.24. The second kappa shape index (κ2) is 6.98. The van der Waals surface area contributed by atoms with Crippen LogP contribution in [0.3, 0.4) is 0 Å². The fraction of sp³-hybridized carbons (Fsp3) is 0.333. The highest BCUT2D eigenvalue weighted by Gasteiger charge is 2.21. The normalized spacial score (nSPS) is 13.8. The molecular formula is C18H18N2O3S2. The van der Waals surface area contributed by atoms with Crippen molar-refractivity contribution in [2.45, 2.75) is 37.0 Å². The average Bonchev–Trinajstić information content (AvgIpc) is 2.91. The molecule has 0 spiro atoms. The van der Waals surface area contributed by atoms with Gasteiger partial charge in [-0.3, -0.25) is 4.79 Å². The van der Waals surface area contributed by atoms with Gasteiger partial charge < -0.3 is 5.32 Å². The van der Waals surface area contributed by atoms with Crippen LogP contribution in [-0.4, -0.2) is 20.6 Å². The van der Waals surface area contributed by atoms with Crippen LogP contribution in [0.15, 0.2) is 29.2 Å². The van der Waals surface area contributed by atoms with Crippen molar-refractivity contribution in [3.05, 3.63) is 45.8 Å². The van der Waals surface area contributed by atoms with Crippen molar-refractivity contribution >= 4 is 32.1 Å². The lowest BCUT2D eigenvalue weighted by Gasteiger charge is -2.09. The summed E-state index contributed by atoms with van der Waals surface area (Å²) >= 11 is 1.50. The summed E-state index contributed by atoms with van der Waals surface area (Å²) in [5, 5.41) is 12.9. The molecule has 1 N–H and O–H groups in total. The quantitative estimate of drug-likeness (QED) is 0.891. The SMILES string of the molecule is CS(=O)(=O)c1ccc(CC(=O)Nc2sc3c(c2C#N)CCCC3)cc1. The molecule has 1 aromatic heterocycles. The molecule has 1 amide bonds. The lowest BCUT2D eigenvalue weighted by molar-refractivity contribution is -0.115. The lowest BCUT2D eigenvalue weighted by atomic mass is 9.96. The average molecular weight is 374 g/mol. The predicted octanol–water partition coefficient (Wildman–Crippen LogP) is 3.08. The van der Waals surface area contributed by atoms with Crippen LogP contribution in [0.4, 0.5) is 5.00 Å². The van der Waals surface area contributed by atoms with Crippen molar-refractivity contribution in [1.29, 1.82) is 5.26 Å². The van der Waals surface area contributed by atoms with Gasteiger partial charge in [0.2, 0.25) is 5.91 Å². The third-order valence-corrected chi connectivity index (χ3v) is 6.59. The van der Waals surface area contributed by atoms with Gasteiger partial charge in [-0.05, 0) is 48.9 Å². The molecule has 1 heterocycles. The summed E-state index contributed by atoms with van der Waals surface area (Å²) in [5.41, 5.74) is 2.41. The smallest absolute Gasteiger partial charge is 0.229 e. The Balaban J connectivity index is 1.73. The number of rotatable bonds is 4. The minimum atomic E-state index is -3.24. The van der Waals surface area contributed by atoms with Crippen molar-refractivity contribution in [1.82, 2.24) is 0 Å². The number of carbonyl (C=O) groups is 1. The first-order valence-electron chi connectivity index (χ1n) is 8.02. The molecular weight excluding hydrogens is 356 g/mol. The number of sulfone groups is 1. The number of nitriles is 1. The standard InChI is InChI=1S/C18H18N2O3S2/c1-25(22,23)13-8-6-12(7-9-13)10-17(21)20-18-15(11-19)14-4-2-3-5-16(14)24-18/h6-9H,2-5,10H2,1H3,(H,20,21). The Morgan fingerprint density at radius 2 is 1.92 bits per heavy atom. The fourth-order valence-electron chi connectivity index (χ4n) is 2.98. The van der Waals surface area contributed by atoms with Crippen molar-refractivity contribution in [3.63, 3.8) is 0 Å². The summed E-state index contributed by atoms with van der Waals surface area (Å²) in [4.78, 5) is 13.7. The number of benzene rings is 1. The minimum Gasteiger partial charge on any atom is -0.316 e. The van der Waals surface area contributed by atoms with Gasteiger partial charge in [-0.2, -0.15) is 5.26 Å². The summed E-state index contributed by atoms with van der Waals surface area (Å²) in [5.74, 6) is -0.206. The van der Waals surface area contributed by atoms with Crippen LogP contribution < -0.4 is 5.32 Å². The Morgan fingerprint density at radius 1 is 1.24 bits per heavy atom. The highest BCUT2D eigenvalue weighted by atomic mass is 32.2. The maximum Gasteiger partial charge on any atom is 0.229 e. The van der Waals surface area contributed by atoms with Crippen molar-refractivity contribution in [2.75, 3.05) is 11.6 Å². The summed E-state index contributed by atoms with van der Waals surface area (Å²) in [6.07, 6.45) is 5.36. The molecule has 0 unspecified atom stereocenters. The number of nitrogens with one attached hydrogen (secondary N) is 1. The van der Waals surface area contributed by atoms with E-state index in [0.717, 1.165) is 43.1 Å². The third-order valence-electron chi connectivity index (χ3n) is 4.25. The van der Waals surface area contributed by atoms with Crippen LogP contribution >= 0.6 is 11.3 Å². The Hall–Kier alpha value is -2.17.